The summed E-state index contributed by atoms with van der Waals surface area (Å²) in [5.74, 6) is 0.907. The van der Waals surface area contributed by atoms with Crippen molar-refractivity contribution in [1.29, 1.82) is 0 Å². The molecule has 0 unspecified atom stereocenters. The van der Waals surface area contributed by atoms with Gasteiger partial charge in [-0.15, -0.1) is 0 Å². The number of benzene rings is 1. The summed E-state index contributed by atoms with van der Waals surface area (Å²) in [7, 11) is 0. The predicted octanol–water partition coefficient (Wildman–Crippen LogP) is 3.86. The van der Waals surface area contributed by atoms with Gasteiger partial charge in [0.05, 0.1) is 18.2 Å². The smallest absolute Gasteiger partial charge is 0.259 e. The normalized spacial score (nSPS) is 16.3. The topological polar surface area (TPSA) is 54.7 Å². The van der Waals surface area contributed by atoms with Gasteiger partial charge in [0, 0.05) is 12.2 Å². The zero-order valence-corrected chi connectivity index (χ0v) is 16.6. The Kier molecular flexibility index (Phi) is 6.22. The molecular weight excluding hydrogens is 340 g/mol. The van der Waals surface area contributed by atoms with E-state index < -0.39 is 0 Å². The molecule has 0 bridgehead atoms. The first-order chi connectivity index (χ1) is 13.1. The van der Waals surface area contributed by atoms with Gasteiger partial charge in [-0.25, -0.2) is 0 Å². The van der Waals surface area contributed by atoms with Crippen LogP contribution in [0, 0.1) is 6.92 Å². The van der Waals surface area contributed by atoms with E-state index in [4.69, 9.17) is 4.74 Å². The number of hydrogen-bond acceptors (Lipinski definition) is 4. The number of ether oxygens (including phenoxy) is 1. The van der Waals surface area contributed by atoms with Gasteiger partial charge in [-0.05, 0) is 70.5 Å². The van der Waals surface area contributed by atoms with E-state index in [1.165, 1.54) is 6.42 Å². The molecule has 0 amide bonds. The molecule has 2 heterocycles. The standard InChI is InChI=1S/C22H30N2O3/c1-4-24-16(3)15-19(25)20(22(24)26)21(23-13-7-6-8-14-23)17-9-11-18(12-10-17)27-5-2/h9-12,15,21,25H,4-8,13-14H2,1-3H3/t21-/m0/s1. The largest absolute Gasteiger partial charge is 0.507 e. The van der Waals surface area contributed by atoms with Gasteiger partial charge in [-0.3, -0.25) is 9.69 Å². The molecule has 1 aliphatic rings. The summed E-state index contributed by atoms with van der Waals surface area (Å²) in [4.78, 5) is 15.5. The molecule has 1 aliphatic heterocycles. The molecule has 3 rings (SSSR count). The van der Waals surface area contributed by atoms with Crippen molar-refractivity contribution in [2.24, 2.45) is 0 Å². The lowest BCUT2D eigenvalue weighted by atomic mass is 9.94. The highest BCUT2D eigenvalue weighted by Gasteiger charge is 2.29. The summed E-state index contributed by atoms with van der Waals surface area (Å²) < 4.78 is 7.30. The average Bonchev–Trinajstić information content (AvgIpc) is 2.67. The van der Waals surface area contributed by atoms with Gasteiger partial charge in [-0.1, -0.05) is 18.6 Å². The Bertz CT molecular complexity index is 821. The Morgan fingerprint density at radius 3 is 2.37 bits per heavy atom. The van der Waals surface area contributed by atoms with Crippen LogP contribution in [0.2, 0.25) is 0 Å². The third kappa shape index (κ3) is 4.03. The Labute approximate surface area is 161 Å². The zero-order chi connectivity index (χ0) is 19.4. The maximum atomic E-state index is 13.2. The Morgan fingerprint density at radius 1 is 1.11 bits per heavy atom. The molecule has 5 nitrogen and oxygen atoms in total. The van der Waals surface area contributed by atoms with Crippen molar-refractivity contribution < 1.29 is 9.84 Å². The number of aromatic nitrogens is 1. The fourth-order valence-corrected chi connectivity index (χ4v) is 4.07. The van der Waals surface area contributed by atoms with E-state index in [2.05, 4.69) is 4.90 Å². The van der Waals surface area contributed by atoms with Crippen molar-refractivity contribution in [2.45, 2.75) is 52.6 Å². The van der Waals surface area contributed by atoms with Gasteiger partial charge in [0.1, 0.15) is 11.5 Å². The van der Waals surface area contributed by atoms with E-state index in [1.807, 2.05) is 45.0 Å². The van der Waals surface area contributed by atoms with E-state index in [9.17, 15) is 9.90 Å². The minimum Gasteiger partial charge on any atom is -0.507 e. The van der Waals surface area contributed by atoms with E-state index >= 15 is 0 Å². The molecule has 2 aromatic rings. The number of nitrogens with zero attached hydrogens (tertiary/aromatic N) is 2. The zero-order valence-electron chi connectivity index (χ0n) is 16.6. The van der Waals surface area contributed by atoms with Gasteiger partial charge >= 0.3 is 0 Å². The van der Waals surface area contributed by atoms with Crippen molar-refractivity contribution in [3.63, 3.8) is 0 Å². The molecule has 0 saturated carbocycles. The second kappa shape index (κ2) is 8.61. The van der Waals surface area contributed by atoms with Gasteiger partial charge in [0.15, 0.2) is 0 Å². The summed E-state index contributed by atoms with van der Waals surface area (Å²) in [5, 5.41) is 10.7. The van der Waals surface area contributed by atoms with Crippen molar-refractivity contribution in [3.05, 3.63) is 57.5 Å². The Morgan fingerprint density at radius 2 is 1.78 bits per heavy atom. The monoisotopic (exact) mass is 370 g/mol. The minimum absolute atomic E-state index is 0.0895. The van der Waals surface area contributed by atoms with Gasteiger partial charge in [-0.2, -0.15) is 0 Å². The summed E-state index contributed by atoms with van der Waals surface area (Å²) >= 11 is 0. The molecule has 1 N–H and O–H groups in total. The lowest BCUT2D eigenvalue weighted by Crippen LogP contribution is -2.38. The van der Waals surface area contributed by atoms with Crippen molar-refractivity contribution in [1.82, 2.24) is 9.47 Å². The molecule has 1 saturated heterocycles. The van der Waals surface area contributed by atoms with Gasteiger partial charge in [0.2, 0.25) is 0 Å². The van der Waals surface area contributed by atoms with E-state index in [0.29, 0.717) is 18.7 Å². The van der Waals surface area contributed by atoms with E-state index in [1.54, 1.807) is 10.6 Å². The van der Waals surface area contributed by atoms with Crippen molar-refractivity contribution in [2.75, 3.05) is 19.7 Å². The molecule has 1 atom stereocenters. The number of aromatic hydroxyl groups is 1. The van der Waals surface area contributed by atoms with Crippen LogP contribution in [0.15, 0.2) is 35.1 Å². The van der Waals surface area contributed by atoms with Gasteiger partial charge < -0.3 is 14.4 Å². The third-order valence-corrected chi connectivity index (χ3v) is 5.38. The van der Waals surface area contributed by atoms with Gasteiger partial charge in [0.25, 0.3) is 5.56 Å². The molecule has 5 heteroatoms. The molecule has 1 aromatic heterocycles. The van der Waals surface area contributed by atoms with Crippen LogP contribution in [0.4, 0.5) is 0 Å². The molecular formula is C22H30N2O3. The van der Waals surface area contributed by atoms with Crippen LogP contribution >= 0.6 is 0 Å². The number of piperidine rings is 1. The molecule has 0 aliphatic carbocycles. The second-order valence-corrected chi connectivity index (χ2v) is 7.14. The first kappa shape index (κ1) is 19.5. The Hall–Kier alpha value is -2.27. The summed E-state index contributed by atoms with van der Waals surface area (Å²) in [6.07, 6.45) is 3.44. The first-order valence-electron chi connectivity index (χ1n) is 9.96. The van der Waals surface area contributed by atoms with Crippen LogP contribution in [0.1, 0.15) is 56.0 Å². The number of aryl methyl sites for hydroxylation is 1. The predicted molar refractivity (Wildman–Crippen MR) is 108 cm³/mol. The quantitative estimate of drug-likeness (QED) is 0.839. The van der Waals surface area contributed by atoms with E-state index in [0.717, 1.165) is 42.9 Å². The van der Waals surface area contributed by atoms with Crippen molar-refractivity contribution in [3.8, 4) is 11.5 Å². The first-order valence-corrected chi connectivity index (χ1v) is 9.96. The highest BCUT2D eigenvalue weighted by Crippen LogP contribution is 2.35. The maximum Gasteiger partial charge on any atom is 0.259 e. The molecule has 27 heavy (non-hydrogen) atoms. The number of hydrogen-bond donors (Lipinski definition) is 1. The summed E-state index contributed by atoms with van der Waals surface area (Å²) in [6, 6.07) is 9.38. The van der Waals surface area contributed by atoms with Crippen LogP contribution in [-0.4, -0.2) is 34.3 Å². The molecule has 1 fully saturated rings. The Balaban J connectivity index is 2.12. The summed E-state index contributed by atoms with van der Waals surface area (Å²) in [5.41, 5.74) is 2.18. The molecule has 1 aromatic carbocycles. The van der Waals surface area contributed by atoms with E-state index in [-0.39, 0.29) is 17.4 Å². The highest BCUT2D eigenvalue weighted by atomic mass is 16.5. The fraction of sp³-hybridized carbons (Fsp3) is 0.500. The SMILES string of the molecule is CCOc1ccc([C@@H](c2c(O)cc(C)n(CC)c2=O)N2CCCCC2)cc1. The average molecular weight is 370 g/mol. The van der Waals surface area contributed by atoms with Crippen LogP contribution in [0.25, 0.3) is 0 Å². The molecule has 0 spiro atoms. The lowest BCUT2D eigenvalue weighted by molar-refractivity contribution is 0.183. The fourth-order valence-electron chi connectivity index (χ4n) is 4.07. The number of rotatable bonds is 6. The lowest BCUT2D eigenvalue weighted by Gasteiger charge is -2.35. The summed E-state index contributed by atoms with van der Waals surface area (Å²) in [6.45, 7) is 8.85. The van der Waals surface area contributed by atoms with Crippen molar-refractivity contribution >= 4 is 0 Å². The third-order valence-electron chi connectivity index (χ3n) is 5.38. The minimum atomic E-state index is -0.244. The molecule has 0 radical (unpaired) electrons. The maximum absolute atomic E-state index is 13.2. The number of pyridine rings is 1. The van der Waals surface area contributed by atoms with Crippen LogP contribution in [-0.2, 0) is 6.54 Å². The van der Waals surface area contributed by atoms with Crippen LogP contribution in [0.5, 0.6) is 11.5 Å². The highest BCUT2D eigenvalue weighted by molar-refractivity contribution is 5.42. The second-order valence-electron chi connectivity index (χ2n) is 7.14. The number of likely N-dealkylation sites (tertiary alicyclic amines) is 1. The molecule has 146 valence electrons. The van der Waals surface area contributed by atoms with Crippen LogP contribution < -0.4 is 10.3 Å². The van der Waals surface area contributed by atoms with Crippen LogP contribution in [0.3, 0.4) is 0 Å².